The second kappa shape index (κ2) is 5.72. The predicted octanol–water partition coefficient (Wildman–Crippen LogP) is 1.76. The van der Waals surface area contributed by atoms with Crippen LogP contribution in [0.2, 0.25) is 0 Å². The van der Waals surface area contributed by atoms with Crippen LogP contribution in [-0.4, -0.2) is 15.5 Å². The quantitative estimate of drug-likeness (QED) is 0.823. The fraction of sp³-hybridized carbons (Fsp3) is 0.333. The molecule has 0 fully saturated rings. The minimum atomic E-state index is -3.65. The molecule has 5 heteroatoms. The van der Waals surface area contributed by atoms with Crippen LogP contribution < -0.4 is 4.72 Å². The van der Waals surface area contributed by atoms with E-state index in [-0.39, 0.29) is 4.90 Å². The summed E-state index contributed by atoms with van der Waals surface area (Å²) in [5, 5.41) is 0. The van der Waals surface area contributed by atoms with E-state index < -0.39 is 15.8 Å². The van der Waals surface area contributed by atoms with Gasteiger partial charge in [0.25, 0.3) is 0 Å². The van der Waals surface area contributed by atoms with Crippen molar-refractivity contribution in [1.29, 1.82) is 0 Å². The number of nitrogens with one attached hydrogen (secondary N) is 1. The smallest absolute Gasteiger partial charge is 0.214 e. The molecule has 14 heavy (non-hydrogen) atoms. The molecule has 1 rings (SSSR count). The van der Waals surface area contributed by atoms with Gasteiger partial charge in [0.15, 0.2) is 0 Å². The van der Waals surface area contributed by atoms with Gasteiger partial charge in [-0.2, -0.15) is 0 Å². The first kappa shape index (κ1) is 13.1. The van der Waals surface area contributed by atoms with Crippen molar-refractivity contribution in [2.45, 2.75) is 18.7 Å². The van der Waals surface area contributed by atoms with E-state index in [1.807, 2.05) is 18.6 Å². The van der Waals surface area contributed by atoms with Crippen LogP contribution in [0.3, 0.4) is 0 Å². The summed E-state index contributed by atoms with van der Waals surface area (Å²) in [5.74, 6) is -0.744. The minimum Gasteiger partial charge on any atom is -0.214 e. The van der Waals surface area contributed by atoms with Crippen LogP contribution in [0.5, 0.6) is 0 Å². The van der Waals surface area contributed by atoms with Crippen molar-refractivity contribution >= 4 is 10.0 Å². The molecular weight excluding hydrogens is 205 g/mol. The summed E-state index contributed by atoms with van der Waals surface area (Å²) in [7, 11) is -2.42. The van der Waals surface area contributed by atoms with E-state index in [0.717, 1.165) is 6.07 Å². The fourth-order valence-electron chi connectivity index (χ4n) is 0.773. The summed E-state index contributed by atoms with van der Waals surface area (Å²) in [6.07, 6.45) is 0. The molecule has 0 atom stereocenters. The van der Waals surface area contributed by atoms with Gasteiger partial charge in [-0.05, 0) is 19.2 Å². The molecule has 0 heterocycles. The van der Waals surface area contributed by atoms with E-state index in [2.05, 4.69) is 0 Å². The molecule has 0 amide bonds. The van der Waals surface area contributed by atoms with Crippen molar-refractivity contribution in [3.05, 3.63) is 30.1 Å². The van der Waals surface area contributed by atoms with Crippen molar-refractivity contribution < 1.29 is 12.8 Å². The zero-order valence-corrected chi connectivity index (χ0v) is 9.23. The molecule has 1 aromatic rings. The molecule has 1 aromatic carbocycles. The third-order valence-electron chi connectivity index (χ3n) is 1.39. The zero-order chi connectivity index (χ0) is 11.2. The number of hydrogen-bond acceptors (Lipinski definition) is 2. The second-order valence-electron chi connectivity index (χ2n) is 2.14. The Morgan fingerprint density at radius 2 is 1.71 bits per heavy atom. The molecule has 0 unspecified atom stereocenters. The Bertz CT molecular complexity index is 376. The van der Waals surface area contributed by atoms with Gasteiger partial charge in [-0.15, -0.1) is 0 Å². The maximum atomic E-state index is 12.9. The summed E-state index contributed by atoms with van der Waals surface area (Å²) in [4.78, 5) is -0.326. The summed E-state index contributed by atoms with van der Waals surface area (Å²) >= 11 is 0. The Kier molecular flexibility index (Phi) is 5.34. The van der Waals surface area contributed by atoms with Crippen molar-refractivity contribution in [2.24, 2.45) is 0 Å². The Balaban J connectivity index is 0.000000791. The lowest BCUT2D eigenvalue weighted by atomic mass is 10.4. The van der Waals surface area contributed by atoms with E-state index in [1.54, 1.807) is 0 Å². The Hall–Kier alpha value is -0.940. The maximum Gasteiger partial charge on any atom is 0.243 e. The molecule has 0 radical (unpaired) electrons. The fourth-order valence-corrected chi connectivity index (χ4v) is 1.58. The van der Waals surface area contributed by atoms with Gasteiger partial charge in [0.2, 0.25) is 10.0 Å². The Morgan fingerprint density at radius 3 is 2.14 bits per heavy atom. The predicted molar refractivity (Wildman–Crippen MR) is 54.0 cm³/mol. The summed E-state index contributed by atoms with van der Waals surface area (Å²) in [6.45, 7) is 4.00. The van der Waals surface area contributed by atoms with E-state index in [0.29, 0.717) is 0 Å². The third kappa shape index (κ3) is 3.08. The molecule has 0 bridgehead atoms. The molecular formula is C9H14FNO2S. The van der Waals surface area contributed by atoms with Gasteiger partial charge >= 0.3 is 0 Å². The topological polar surface area (TPSA) is 46.2 Å². The number of rotatable bonds is 2. The first-order valence-electron chi connectivity index (χ1n) is 4.26. The first-order valence-corrected chi connectivity index (χ1v) is 5.74. The number of halogens is 1. The molecule has 0 aliphatic heterocycles. The van der Waals surface area contributed by atoms with Crippen LogP contribution in [0.4, 0.5) is 4.39 Å². The molecule has 0 aliphatic rings. The summed E-state index contributed by atoms with van der Waals surface area (Å²) in [6, 6.07) is 5.21. The molecule has 0 aliphatic carbocycles. The minimum absolute atomic E-state index is 0.326. The molecule has 0 spiro atoms. The number of benzene rings is 1. The first-order chi connectivity index (χ1) is 6.58. The SMILES string of the molecule is CC.CNS(=O)(=O)c1ccccc1F. The van der Waals surface area contributed by atoms with Gasteiger partial charge < -0.3 is 0 Å². The number of sulfonamides is 1. The standard InChI is InChI=1S/C7H8FNO2S.C2H6/c1-9-12(10,11)7-5-3-2-4-6(7)8;1-2/h2-5,9H,1H3;1-2H3. The van der Waals surface area contributed by atoms with Crippen molar-refractivity contribution in [3.63, 3.8) is 0 Å². The summed E-state index contributed by atoms with van der Waals surface area (Å²) < 4.78 is 37.0. The molecule has 0 saturated heterocycles. The highest BCUT2D eigenvalue weighted by molar-refractivity contribution is 7.89. The van der Waals surface area contributed by atoms with E-state index in [1.165, 1.54) is 25.2 Å². The van der Waals surface area contributed by atoms with Crippen LogP contribution >= 0.6 is 0 Å². The van der Waals surface area contributed by atoms with E-state index >= 15 is 0 Å². The molecule has 1 N–H and O–H groups in total. The lowest BCUT2D eigenvalue weighted by Gasteiger charge is -2.01. The monoisotopic (exact) mass is 219 g/mol. The molecule has 3 nitrogen and oxygen atoms in total. The molecule has 80 valence electrons. The lowest BCUT2D eigenvalue weighted by Crippen LogP contribution is -2.19. The van der Waals surface area contributed by atoms with Gasteiger partial charge in [-0.25, -0.2) is 17.5 Å². The van der Waals surface area contributed by atoms with Crippen molar-refractivity contribution in [1.82, 2.24) is 4.72 Å². The molecule has 0 saturated carbocycles. The van der Waals surface area contributed by atoms with Gasteiger partial charge in [0.1, 0.15) is 10.7 Å². The normalized spacial score (nSPS) is 10.3. The molecule has 0 aromatic heterocycles. The van der Waals surface area contributed by atoms with Crippen LogP contribution in [0.15, 0.2) is 29.2 Å². The lowest BCUT2D eigenvalue weighted by molar-refractivity contribution is 0.561. The van der Waals surface area contributed by atoms with Gasteiger partial charge in [-0.1, -0.05) is 26.0 Å². The Morgan fingerprint density at radius 1 is 1.21 bits per heavy atom. The second-order valence-corrected chi connectivity index (χ2v) is 3.99. The van der Waals surface area contributed by atoms with Gasteiger partial charge in [0, 0.05) is 0 Å². The van der Waals surface area contributed by atoms with Gasteiger partial charge in [0.05, 0.1) is 0 Å². The zero-order valence-electron chi connectivity index (χ0n) is 8.41. The van der Waals surface area contributed by atoms with Gasteiger partial charge in [-0.3, -0.25) is 0 Å². The average molecular weight is 219 g/mol. The highest BCUT2D eigenvalue weighted by atomic mass is 32.2. The average Bonchev–Trinajstić information content (AvgIpc) is 2.21. The highest BCUT2D eigenvalue weighted by Gasteiger charge is 2.15. The third-order valence-corrected chi connectivity index (χ3v) is 2.84. The van der Waals surface area contributed by atoms with Crippen molar-refractivity contribution in [3.8, 4) is 0 Å². The van der Waals surface area contributed by atoms with Crippen LogP contribution in [-0.2, 0) is 10.0 Å². The van der Waals surface area contributed by atoms with Crippen LogP contribution in [0.1, 0.15) is 13.8 Å². The van der Waals surface area contributed by atoms with Crippen molar-refractivity contribution in [2.75, 3.05) is 7.05 Å². The Labute approximate surface area is 84.0 Å². The van der Waals surface area contributed by atoms with E-state index in [9.17, 15) is 12.8 Å². The van der Waals surface area contributed by atoms with Crippen LogP contribution in [0.25, 0.3) is 0 Å². The largest absolute Gasteiger partial charge is 0.243 e. The van der Waals surface area contributed by atoms with Crippen LogP contribution in [0, 0.1) is 5.82 Å². The summed E-state index contributed by atoms with van der Waals surface area (Å²) in [5.41, 5.74) is 0. The highest BCUT2D eigenvalue weighted by Crippen LogP contribution is 2.11. The number of hydrogen-bond donors (Lipinski definition) is 1. The maximum absolute atomic E-state index is 12.9. The van der Waals surface area contributed by atoms with E-state index in [4.69, 9.17) is 0 Å².